The lowest BCUT2D eigenvalue weighted by molar-refractivity contribution is -0.870. The van der Waals surface area contributed by atoms with E-state index < -0.39 is 20.0 Å². The second kappa shape index (κ2) is 56.7. The van der Waals surface area contributed by atoms with Gasteiger partial charge in [0.05, 0.1) is 39.9 Å². The fourth-order valence-electron chi connectivity index (χ4n) is 9.14. The number of hydrogen-bond donors (Lipinski definition) is 3. The Morgan fingerprint density at radius 2 is 0.773 bits per heavy atom. The topological polar surface area (TPSA) is 105 Å². The van der Waals surface area contributed by atoms with Gasteiger partial charge in [0, 0.05) is 6.42 Å². The van der Waals surface area contributed by atoms with Crippen molar-refractivity contribution in [3.63, 3.8) is 0 Å². The largest absolute Gasteiger partial charge is 0.472 e. The number of aliphatic hydroxyl groups excluding tert-OH is 1. The highest BCUT2D eigenvalue weighted by atomic mass is 31.2. The van der Waals surface area contributed by atoms with Gasteiger partial charge in [0.15, 0.2) is 0 Å². The van der Waals surface area contributed by atoms with Gasteiger partial charge in [-0.1, -0.05) is 273 Å². The lowest BCUT2D eigenvalue weighted by Crippen LogP contribution is -2.45. The van der Waals surface area contributed by atoms with Crippen LogP contribution in [0.15, 0.2) is 72.9 Å². The van der Waals surface area contributed by atoms with E-state index >= 15 is 0 Å². The Balaban J connectivity index is 4.00. The lowest BCUT2D eigenvalue weighted by atomic mass is 10.0. The molecule has 3 N–H and O–H groups in total. The summed E-state index contributed by atoms with van der Waals surface area (Å²) in [6.07, 6.45) is 79.0. The molecule has 9 heteroatoms. The molecule has 1 amide bonds. The summed E-state index contributed by atoms with van der Waals surface area (Å²) in [4.78, 5) is 23.3. The summed E-state index contributed by atoms with van der Waals surface area (Å²) in [5.41, 5.74) is 0. The molecular weight excluding hydrogens is 948 g/mol. The van der Waals surface area contributed by atoms with Gasteiger partial charge in [0.1, 0.15) is 13.2 Å². The number of allylic oxidation sites excluding steroid dienone is 11. The Labute approximate surface area is 465 Å². The molecule has 0 heterocycles. The van der Waals surface area contributed by atoms with Crippen LogP contribution in [0.2, 0.25) is 0 Å². The van der Waals surface area contributed by atoms with Crippen molar-refractivity contribution in [2.75, 3.05) is 40.9 Å². The van der Waals surface area contributed by atoms with Crippen LogP contribution in [0, 0.1) is 0 Å². The molecular formula is C66H124N2O6P+. The van der Waals surface area contributed by atoms with E-state index in [9.17, 15) is 19.4 Å². The number of amides is 1. The highest BCUT2D eigenvalue weighted by Crippen LogP contribution is 2.43. The Bertz CT molecular complexity index is 1450. The zero-order valence-electron chi connectivity index (χ0n) is 50.0. The Morgan fingerprint density at radius 1 is 0.453 bits per heavy atom. The van der Waals surface area contributed by atoms with Crippen molar-refractivity contribution in [3.05, 3.63) is 72.9 Å². The molecule has 0 aromatic heterocycles. The van der Waals surface area contributed by atoms with Crippen LogP contribution in [0.25, 0.3) is 0 Å². The maximum atomic E-state index is 13.0. The number of likely N-dealkylation sites (N-methyl/N-ethyl adjacent to an activating group) is 1. The van der Waals surface area contributed by atoms with Gasteiger partial charge in [-0.3, -0.25) is 13.8 Å². The number of phosphoric ester groups is 1. The molecule has 0 rings (SSSR count). The molecule has 0 spiro atoms. The van der Waals surface area contributed by atoms with E-state index in [0.29, 0.717) is 17.4 Å². The molecule has 0 radical (unpaired) electrons. The van der Waals surface area contributed by atoms with Crippen molar-refractivity contribution in [1.82, 2.24) is 5.32 Å². The highest BCUT2D eigenvalue weighted by molar-refractivity contribution is 7.47. The fraction of sp³-hybridized carbons (Fsp3) is 0.803. The summed E-state index contributed by atoms with van der Waals surface area (Å²) >= 11 is 0. The second-order valence-corrected chi connectivity index (χ2v) is 24.2. The number of quaternary nitrogens is 1. The van der Waals surface area contributed by atoms with Gasteiger partial charge in [-0.05, 0) is 83.5 Å². The van der Waals surface area contributed by atoms with Crippen LogP contribution in [-0.2, 0) is 18.4 Å². The third-order valence-electron chi connectivity index (χ3n) is 14.1. The first-order valence-electron chi connectivity index (χ1n) is 31.8. The van der Waals surface area contributed by atoms with E-state index in [1.54, 1.807) is 6.08 Å². The molecule has 0 saturated heterocycles. The molecule has 3 atom stereocenters. The molecule has 0 aromatic carbocycles. The SMILES string of the molecule is CCCCCCC/C=C\C/C=C\C/C=C\CCCCCCCCCCCCCCCCCCCCCCCCC(=O)NC(COP(=O)(O)OCC[N+](C)(C)C)C(O)/C=C/CC/C=C/CC/C=C/CCCCCCCC. The van der Waals surface area contributed by atoms with E-state index in [-0.39, 0.29) is 19.1 Å². The predicted octanol–water partition coefficient (Wildman–Crippen LogP) is 19.8. The zero-order chi connectivity index (χ0) is 54.9. The quantitative estimate of drug-likeness (QED) is 0.0243. The molecule has 8 nitrogen and oxygen atoms in total. The third kappa shape index (κ3) is 59.4. The molecule has 0 aliphatic heterocycles. The molecule has 0 aliphatic rings. The summed E-state index contributed by atoms with van der Waals surface area (Å²) in [7, 11) is 1.55. The van der Waals surface area contributed by atoms with Gasteiger partial charge < -0.3 is 19.8 Å². The van der Waals surface area contributed by atoms with E-state index in [1.165, 1.54) is 212 Å². The molecule has 75 heavy (non-hydrogen) atoms. The van der Waals surface area contributed by atoms with E-state index in [2.05, 4.69) is 79.9 Å². The molecule has 0 bridgehead atoms. The average molecular weight is 1070 g/mol. The van der Waals surface area contributed by atoms with Gasteiger partial charge in [0.25, 0.3) is 0 Å². The number of nitrogens with one attached hydrogen (secondary N) is 1. The van der Waals surface area contributed by atoms with Crippen LogP contribution in [0.1, 0.15) is 290 Å². The minimum Gasteiger partial charge on any atom is -0.387 e. The lowest BCUT2D eigenvalue weighted by Gasteiger charge is -2.25. The first-order chi connectivity index (χ1) is 36.5. The normalized spacial score (nSPS) is 14.3. The number of aliphatic hydroxyl groups is 1. The summed E-state index contributed by atoms with van der Waals surface area (Å²) in [5, 5.41) is 13.9. The number of unbranched alkanes of at least 4 members (excludes halogenated alkanes) is 35. The van der Waals surface area contributed by atoms with Gasteiger partial charge in [0.2, 0.25) is 5.91 Å². The van der Waals surface area contributed by atoms with Crippen LogP contribution in [0.3, 0.4) is 0 Å². The van der Waals surface area contributed by atoms with Crippen LogP contribution >= 0.6 is 7.82 Å². The Morgan fingerprint density at radius 3 is 1.16 bits per heavy atom. The number of carbonyl (C=O) groups excluding carboxylic acids is 1. The summed E-state index contributed by atoms with van der Waals surface area (Å²) in [6, 6.07) is -0.871. The minimum atomic E-state index is -4.36. The monoisotopic (exact) mass is 1070 g/mol. The number of hydrogen-bond acceptors (Lipinski definition) is 5. The minimum absolute atomic E-state index is 0.0528. The third-order valence-corrected chi connectivity index (χ3v) is 15.1. The Hall–Kier alpha value is -2.06. The van der Waals surface area contributed by atoms with E-state index in [0.717, 1.165) is 57.8 Å². The van der Waals surface area contributed by atoms with Gasteiger partial charge in [-0.25, -0.2) is 4.57 Å². The second-order valence-electron chi connectivity index (χ2n) is 22.8. The molecule has 0 saturated carbocycles. The number of phosphoric acid groups is 1. The summed E-state index contributed by atoms with van der Waals surface area (Å²) in [6.45, 7) is 4.78. The van der Waals surface area contributed by atoms with Crippen molar-refractivity contribution in [1.29, 1.82) is 0 Å². The first kappa shape index (κ1) is 72.9. The van der Waals surface area contributed by atoms with Gasteiger partial charge >= 0.3 is 7.82 Å². The Kier molecular flexibility index (Phi) is 55.1. The average Bonchev–Trinajstić information content (AvgIpc) is 3.37. The van der Waals surface area contributed by atoms with Crippen LogP contribution < -0.4 is 5.32 Å². The summed E-state index contributed by atoms with van der Waals surface area (Å²) < 4.78 is 23.7. The maximum absolute atomic E-state index is 13.0. The highest BCUT2D eigenvalue weighted by Gasteiger charge is 2.27. The maximum Gasteiger partial charge on any atom is 0.472 e. The molecule has 0 fully saturated rings. The first-order valence-corrected chi connectivity index (χ1v) is 33.3. The van der Waals surface area contributed by atoms with Crippen molar-refractivity contribution >= 4 is 13.7 Å². The van der Waals surface area contributed by atoms with Gasteiger partial charge in [-0.15, -0.1) is 0 Å². The predicted molar refractivity (Wildman–Crippen MR) is 327 cm³/mol. The van der Waals surface area contributed by atoms with E-state index in [4.69, 9.17) is 9.05 Å². The summed E-state index contributed by atoms with van der Waals surface area (Å²) in [5.74, 6) is -0.189. The van der Waals surface area contributed by atoms with Crippen molar-refractivity contribution in [2.45, 2.75) is 302 Å². The smallest absolute Gasteiger partial charge is 0.387 e. The van der Waals surface area contributed by atoms with Crippen LogP contribution in [0.5, 0.6) is 0 Å². The van der Waals surface area contributed by atoms with Crippen LogP contribution in [-0.4, -0.2) is 73.4 Å². The van der Waals surface area contributed by atoms with Crippen molar-refractivity contribution in [2.24, 2.45) is 0 Å². The van der Waals surface area contributed by atoms with Crippen molar-refractivity contribution < 1.29 is 32.9 Å². The number of carbonyl (C=O) groups is 1. The number of rotatable bonds is 58. The zero-order valence-corrected chi connectivity index (χ0v) is 50.9. The standard InChI is InChI=1S/C66H123N2O6P/c1-6-8-10-12-14-16-18-20-22-24-25-26-27-28-29-30-31-32-33-34-35-36-37-38-39-40-41-42-43-44-46-48-50-52-54-56-58-60-66(70)67-64(63-74-75(71,72)73-62-61-68(3,4)5)65(69)59-57-55-53-51-49-47-45-23-21-19-17-15-13-11-9-7-2/h18,20-21,23-25,27-28,49,51,57,59,64-65,69H,6-17,19,22,26,29-48,50,52-56,58,60-63H2,1-5H3,(H-,67,70,71,72)/p+1/b20-18-,23-21+,25-24-,28-27-,51-49+,59-57+. The number of nitrogens with zero attached hydrogens (tertiary/aromatic N) is 1. The van der Waals surface area contributed by atoms with Gasteiger partial charge in [-0.2, -0.15) is 0 Å². The van der Waals surface area contributed by atoms with E-state index in [1.807, 2.05) is 27.2 Å². The molecule has 0 aliphatic carbocycles. The molecule has 438 valence electrons. The molecule has 0 aromatic rings. The molecule has 3 unspecified atom stereocenters. The van der Waals surface area contributed by atoms with Crippen molar-refractivity contribution in [3.8, 4) is 0 Å². The van der Waals surface area contributed by atoms with Crippen LogP contribution in [0.4, 0.5) is 0 Å². The fourth-order valence-corrected chi connectivity index (χ4v) is 9.88.